The van der Waals surface area contributed by atoms with E-state index in [1.165, 1.54) is 38.4 Å². The molecule has 8 rings (SSSR count). The van der Waals surface area contributed by atoms with Crippen molar-refractivity contribution in [3.8, 4) is 11.5 Å². The Hall–Kier alpha value is -5.49. The molecule has 4 aromatic carbocycles. The zero-order valence-electron chi connectivity index (χ0n) is 53.2. The minimum absolute atomic E-state index is 0.0852. The van der Waals surface area contributed by atoms with Crippen molar-refractivity contribution in [1.29, 1.82) is 0 Å². The summed E-state index contributed by atoms with van der Waals surface area (Å²) in [6, 6.07) is 34.4. The van der Waals surface area contributed by atoms with E-state index >= 15 is 0 Å². The molecule has 1 saturated carbocycles. The number of aromatic nitrogens is 4. The molecule has 480 valence electrons. The van der Waals surface area contributed by atoms with Crippen molar-refractivity contribution in [2.45, 2.75) is 165 Å². The number of anilines is 1. The summed E-state index contributed by atoms with van der Waals surface area (Å²) in [6.45, 7) is 11.7. The Kier molecular flexibility index (Phi) is 25.7. The van der Waals surface area contributed by atoms with E-state index in [-0.39, 0.29) is 45.6 Å². The molecular formula is C65H94N6O14Si3. The average Bonchev–Trinajstić information content (AvgIpc) is 1.34. The van der Waals surface area contributed by atoms with Crippen molar-refractivity contribution < 1.29 is 64.5 Å². The van der Waals surface area contributed by atoms with Gasteiger partial charge in [-0.1, -0.05) is 143 Å². The van der Waals surface area contributed by atoms with Crippen molar-refractivity contribution >= 4 is 48.6 Å². The van der Waals surface area contributed by atoms with Gasteiger partial charge in [0.1, 0.15) is 41.6 Å². The number of methoxy groups -OCH3 is 4. The molecule has 1 saturated heterocycles. The molecule has 6 aromatic rings. The van der Waals surface area contributed by atoms with Gasteiger partial charge in [0.2, 0.25) is 0 Å². The number of hydrogen-bond acceptors (Lipinski definition) is 19. The minimum Gasteiger partial charge on any atom is -0.497 e. The lowest BCUT2D eigenvalue weighted by molar-refractivity contribution is -0.321. The number of fused-ring (bicyclic) bond motifs is 1. The monoisotopic (exact) mass is 1270 g/mol. The number of rotatable bonds is 31. The molecule has 23 heteroatoms. The Morgan fingerprint density at radius 3 is 1.70 bits per heavy atom. The first kappa shape index (κ1) is 68.4. The molecule has 2 aliphatic rings. The Labute approximate surface area is 523 Å². The van der Waals surface area contributed by atoms with Crippen molar-refractivity contribution in [2.24, 2.45) is 5.73 Å². The number of hydrogen-bond donors (Lipinski definition) is 2. The summed E-state index contributed by atoms with van der Waals surface area (Å²) in [5.41, 5.74) is 9.96. The topological polar surface area (TPSA) is 219 Å². The largest absolute Gasteiger partial charge is 0.658 e. The number of esters is 1. The molecule has 1 aliphatic heterocycles. The number of nitrogens with two attached hydrogens (primary N) is 1. The maximum Gasteiger partial charge on any atom is 0.658 e. The molecule has 1 aliphatic carbocycles. The highest BCUT2D eigenvalue weighted by molar-refractivity contribution is 6.83. The van der Waals surface area contributed by atoms with Gasteiger partial charge in [0.15, 0.2) is 45.9 Å². The van der Waals surface area contributed by atoms with Crippen LogP contribution in [0.4, 0.5) is 5.82 Å². The summed E-state index contributed by atoms with van der Waals surface area (Å²) in [7, 11) is -2.70. The average molecular weight is 1270 g/mol. The van der Waals surface area contributed by atoms with Gasteiger partial charge in [-0.15, -0.1) is 0 Å². The van der Waals surface area contributed by atoms with Crippen molar-refractivity contribution in [1.82, 2.24) is 19.5 Å². The molecule has 3 heterocycles. The van der Waals surface area contributed by atoms with Crippen LogP contribution in [-0.2, 0) is 67.0 Å². The highest BCUT2D eigenvalue weighted by Gasteiger charge is 2.57. The molecular weight excluding hydrogens is 1170 g/mol. The number of benzene rings is 4. The number of ether oxygens (including phenoxy) is 9. The van der Waals surface area contributed by atoms with Crippen molar-refractivity contribution in [2.75, 3.05) is 66.8 Å². The lowest BCUT2D eigenvalue weighted by atomic mass is 9.77. The summed E-state index contributed by atoms with van der Waals surface area (Å²) in [6.07, 6.45) is 10.5. The Bertz CT molecular complexity index is 2930. The fourth-order valence-electron chi connectivity index (χ4n) is 11.2. The molecule has 3 N–H and O–H groups in total. The van der Waals surface area contributed by atoms with Crippen molar-refractivity contribution in [3.05, 3.63) is 144 Å². The van der Waals surface area contributed by atoms with Crippen LogP contribution in [0, 0.1) is 0 Å². The second-order valence-electron chi connectivity index (χ2n) is 24.4. The minimum atomic E-state index is -4.11. The third-order valence-corrected chi connectivity index (χ3v) is 23.4. The van der Waals surface area contributed by atoms with E-state index in [1.54, 1.807) is 39.3 Å². The highest BCUT2D eigenvalue weighted by atomic mass is 28.5. The maximum absolute atomic E-state index is 14.8. The van der Waals surface area contributed by atoms with Gasteiger partial charge >= 0.3 is 15.0 Å². The number of imidazole rings is 1. The van der Waals surface area contributed by atoms with Gasteiger partial charge in [-0.25, -0.2) is 15.0 Å². The molecule has 0 bridgehead atoms. The summed E-state index contributed by atoms with van der Waals surface area (Å²) < 4.78 is 86.3. The molecule has 0 amide bonds. The van der Waals surface area contributed by atoms with E-state index in [1.807, 2.05) is 97.1 Å². The molecule has 20 nitrogen and oxygen atoms in total. The normalized spacial score (nSPS) is 19.0. The molecule has 0 spiro atoms. The lowest BCUT2D eigenvalue weighted by Gasteiger charge is -2.40. The van der Waals surface area contributed by atoms with Gasteiger partial charge in [-0.2, -0.15) is 0 Å². The van der Waals surface area contributed by atoms with Gasteiger partial charge in [-0.05, 0) is 105 Å². The number of carbonyl (C=O) groups is 1. The quantitative estimate of drug-likeness (QED) is 0.0136. The molecule has 2 fully saturated rings. The fourth-order valence-corrected chi connectivity index (χ4v) is 19.7. The second kappa shape index (κ2) is 33.0. The smallest absolute Gasteiger partial charge is 0.497 e. The maximum atomic E-state index is 14.8. The Morgan fingerprint density at radius 1 is 0.659 bits per heavy atom. The lowest BCUT2D eigenvalue weighted by Crippen LogP contribution is -2.61. The van der Waals surface area contributed by atoms with Crippen LogP contribution in [-0.4, -0.2) is 150 Å². The third kappa shape index (κ3) is 19.0. The third-order valence-electron chi connectivity index (χ3n) is 15.3. The van der Waals surface area contributed by atoms with Crippen molar-refractivity contribution in [3.63, 3.8) is 0 Å². The summed E-state index contributed by atoms with van der Waals surface area (Å²) in [5, 5.41) is 3.89. The summed E-state index contributed by atoms with van der Waals surface area (Å²) in [5.74, 6) is 1.08. The zero-order chi connectivity index (χ0) is 62.6. The van der Waals surface area contributed by atoms with Gasteiger partial charge < -0.3 is 70.8 Å². The van der Waals surface area contributed by atoms with Gasteiger partial charge in [-0.3, -0.25) is 9.36 Å². The standard InChI is InChI=1S/C65H94N6O14Si3/c1-73-40-42-77-64(78-43-41-74-2)82-59-58(81-63(72)55(66)44-48-26-20-18-21-27-48)56(45-79-88(84-86(5,6)7,85-87(8,9)10)83-54-30-24-16-14-12-11-13-15-17-25-31-54)80-62(59)71-47-69-57-60(67-46-68-61(57)71)70-65(49-28-22-19-23-29-49,50-32-36-52(75-3)37-33-50)51-34-38-53(76-4)39-35-51/h18-23,26-29,32-39,46-47,54-56,58-59,62,64H,11-17,24-25,30-31,40-45,66H2,1-10H3,(H,67,68,70)/t55-,56+,58+,59+,62+/m0/s1. The van der Waals surface area contributed by atoms with Crippen LogP contribution < -0.4 is 20.5 Å². The molecule has 0 radical (unpaired) electrons. The van der Waals surface area contributed by atoms with E-state index in [2.05, 4.69) is 56.7 Å². The van der Waals surface area contributed by atoms with Crippen LogP contribution in [0.3, 0.4) is 0 Å². The van der Waals surface area contributed by atoms with E-state index in [0.29, 0.717) is 28.5 Å². The fraction of sp³-hybridized carbons (Fsp3) is 0.538. The van der Waals surface area contributed by atoms with E-state index in [4.69, 9.17) is 80.4 Å². The predicted octanol–water partition coefficient (Wildman–Crippen LogP) is 11.5. The Balaban J connectivity index is 1.26. The first-order valence-corrected chi connectivity index (χ1v) is 39.5. The molecule has 0 unspecified atom stereocenters. The first-order valence-electron chi connectivity index (χ1n) is 31.0. The molecule has 88 heavy (non-hydrogen) atoms. The SMILES string of the molecule is COCCOC(OCCOC)O[C@@H]1[C@H](OC(=O)[C@@H](N)Cc2ccccc2)[C@@H](CO[Si](OC2CCCCCCCCCCC2)(O[Si](C)(C)C)O[Si](C)(C)C)O[C@H]1n1cnc2c(NC(c3ccccc3)(c3ccc(OC)cc3)c3ccc(OC)cc3)ncnc21. The van der Waals surface area contributed by atoms with Gasteiger partial charge in [0.05, 0.1) is 59.7 Å². The molecule has 5 atom stereocenters. The molecule has 2 aromatic heterocycles. The first-order chi connectivity index (χ1) is 42.5. The highest BCUT2D eigenvalue weighted by Crippen LogP contribution is 2.44. The van der Waals surface area contributed by atoms with Gasteiger partial charge in [0.25, 0.3) is 6.48 Å². The van der Waals surface area contributed by atoms with Crippen LogP contribution in [0.15, 0.2) is 122 Å². The zero-order valence-corrected chi connectivity index (χ0v) is 56.2. The van der Waals surface area contributed by atoms with Crippen LogP contribution in [0.25, 0.3) is 11.2 Å². The Morgan fingerprint density at radius 2 is 1.18 bits per heavy atom. The van der Waals surface area contributed by atoms with Crippen LogP contribution in [0.5, 0.6) is 11.5 Å². The summed E-state index contributed by atoms with van der Waals surface area (Å²) in [4.78, 5) is 29.7. The predicted molar refractivity (Wildman–Crippen MR) is 344 cm³/mol. The number of nitrogens with zero attached hydrogens (tertiary/aromatic N) is 4. The number of nitrogens with one attached hydrogen (secondary N) is 1. The number of carbonyl (C=O) groups excluding carboxylic acids is 1. The van der Waals surface area contributed by atoms with E-state index in [0.717, 1.165) is 60.8 Å². The van der Waals surface area contributed by atoms with Crippen LogP contribution in [0.2, 0.25) is 39.3 Å². The van der Waals surface area contributed by atoms with Gasteiger partial charge in [0, 0.05) is 14.2 Å². The van der Waals surface area contributed by atoms with E-state index < -0.39 is 74.2 Å². The summed E-state index contributed by atoms with van der Waals surface area (Å²) >= 11 is 0. The second-order valence-corrected chi connectivity index (χ2v) is 36.0. The van der Waals surface area contributed by atoms with Crippen LogP contribution in [0.1, 0.15) is 99.1 Å². The van der Waals surface area contributed by atoms with Crippen LogP contribution >= 0.6 is 0 Å². The van der Waals surface area contributed by atoms with E-state index in [9.17, 15) is 4.79 Å².